The second-order valence-corrected chi connectivity index (χ2v) is 3.68. The minimum absolute atomic E-state index is 0.199. The lowest BCUT2D eigenvalue weighted by Crippen LogP contribution is -2.45. The summed E-state index contributed by atoms with van der Waals surface area (Å²) in [5.74, 6) is 0. The molecule has 1 heterocycles. The highest BCUT2D eigenvalue weighted by molar-refractivity contribution is 4.76. The summed E-state index contributed by atoms with van der Waals surface area (Å²) in [7, 11) is 0. The van der Waals surface area contributed by atoms with Crippen LogP contribution in [0.1, 0.15) is 46.0 Å². The van der Waals surface area contributed by atoms with Crippen LogP contribution in [-0.4, -0.2) is 28.8 Å². The quantitative estimate of drug-likeness (QED) is 0.702. The predicted molar refractivity (Wildman–Crippen MR) is 50.9 cm³/mol. The van der Waals surface area contributed by atoms with Crippen LogP contribution in [0.25, 0.3) is 0 Å². The van der Waals surface area contributed by atoms with Crippen molar-refractivity contribution in [1.82, 2.24) is 4.90 Å². The Bertz CT molecular complexity index is 127. The molecule has 1 aliphatic rings. The first-order valence-electron chi connectivity index (χ1n) is 5.23. The van der Waals surface area contributed by atoms with Gasteiger partial charge in [0.25, 0.3) is 0 Å². The van der Waals surface area contributed by atoms with Crippen LogP contribution >= 0.6 is 0 Å². The number of nitrogens with zero attached hydrogens (tertiary/aromatic N) is 1. The van der Waals surface area contributed by atoms with Crippen LogP contribution in [-0.2, 0) is 0 Å². The molecule has 1 N–H and O–H groups in total. The zero-order chi connectivity index (χ0) is 8.97. The molecule has 1 aliphatic heterocycles. The van der Waals surface area contributed by atoms with Crippen LogP contribution < -0.4 is 0 Å². The smallest absolute Gasteiger partial charge is 0.107 e. The van der Waals surface area contributed by atoms with E-state index in [0.717, 1.165) is 13.0 Å². The molecule has 0 radical (unpaired) electrons. The van der Waals surface area contributed by atoms with Crippen LogP contribution in [0.3, 0.4) is 0 Å². The number of hydrogen-bond acceptors (Lipinski definition) is 2. The second-order valence-electron chi connectivity index (χ2n) is 3.68. The van der Waals surface area contributed by atoms with E-state index >= 15 is 0 Å². The van der Waals surface area contributed by atoms with Crippen molar-refractivity contribution in [2.75, 3.05) is 6.54 Å². The van der Waals surface area contributed by atoms with Crippen molar-refractivity contribution in [2.45, 2.75) is 58.2 Å². The fourth-order valence-electron chi connectivity index (χ4n) is 2.09. The maximum absolute atomic E-state index is 9.71. The number of hydrogen-bond donors (Lipinski definition) is 1. The maximum atomic E-state index is 9.71. The molecule has 0 saturated carbocycles. The number of aliphatic hydroxyl groups excluding tert-OH is 1. The van der Waals surface area contributed by atoms with Crippen molar-refractivity contribution < 1.29 is 5.11 Å². The van der Waals surface area contributed by atoms with E-state index < -0.39 is 0 Å². The van der Waals surface area contributed by atoms with E-state index in [9.17, 15) is 5.11 Å². The summed E-state index contributed by atoms with van der Waals surface area (Å²) in [5, 5.41) is 9.71. The van der Waals surface area contributed by atoms with Crippen LogP contribution in [0.15, 0.2) is 0 Å². The average molecular weight is 171 g/mol. The Hall–Kier alpha value is -0.0800. The Morgan fingerprint density at radius 1 is 1.42 bits per heavy atom. The van der Waals surface area contributed by atoms with E-state index in [1.54, 1.807) is 0 Å². The van der Waals surface area contributed by atoms with Gasteiger partial charge in [0.05, 0.1) is 0 Å². The molecule has 2 heteroatoms. The largest absolute Gasteiger partial charge is 0.378 e. The van der Waals surface area contributed by atoms with Gasteiger partial charge in [-0.2, -0.15) is 0 Å². The monoisotopic (exact) mass is 171 g/mol. The van der Waals surface area contributed by atoms with Gasteiger partial charge >= 0.3 is 0 Å². The Labute approximate surface area is 75.6 Å². The van der Waals surface area contributed by atoms with Crippen LogP contribution in [0.4, 0.5) is 0 Å². The van der Waals surface area contributed by atoms with Crippen molar-refractivity contribution in [3.8, 4) is 0 Å². The van der Waals surface area contributed by atoms with Gasteiger partial charge in [-0.1, -0.05) is 20.3 Å². The van der Waals surface area contributed by atoms with E-state index in [1.807, 2.05) is 6.92 Å². The molecule has 0 spiro atoms. The van der Waals surface area contributed by atoms with Crippen molar-refractivity contribution in [1.29, 1.82) is 0 Å². The first kappa shape index (κ1) is 10.0. The molecule has 0 aromatic heterocycles. The zero-order valence-corrected chi connectivity index (χ0v) is 8.29. The lowest BCUT2D eigenvalue weighted by atomic mass is 9.99. The summed E-state index contributed by atoms with van der Waals surface area (Å²) < 4.78 is 0. The number of likely N-dealkylation sites (tertiary alicyclic amines) is 1. The Kier molecular flexibility index (Phi) is 4.02. The van der Waals surface area contributed by atoms with Crippen molar-refractivity contribution in [3.05, 3.63) is 0 Å². The van der Waals surface area contributed by atoms with E-state index in [0.29, 0.717) is 6.04 Å². The highest BCUT2D eigenvalue weighted by atomic mass is 16.3. The summed E-state index contributed by atoms with van der Waals surface area (Å²) >= 11 is 0. The normalized spacial score (nSPS) is 28.8. The summed E-state index contributed by atoms with van der Waals surface area (Å²) in [5.41, 5.74) is 0. The molecule has 2 unspecified atom stereocenters. The molecule has 2 atom stereocenters. The minimum atomic E-state index is -0.199. The Balaban J connectivity index is 2.46. The molecular formula is C10H21NO. The maximum Gasteiger partial charge on any atom is 0.107 e. The summed E-state index contributed by atoms with van der Waals surface area (Å²) in [6.45, 7) is 5.35. The fourth-order valence-corrected chi connectivity index (χ4v) is 2.09. The third-order valence-electron chi connectivity index (χ3n) is 2.89. The molecule has 2 nitrogen and oxygen atoms in total. The standard InChI is InChI=1S/C10H21NO/c1-3-9-7-5-6-8-11(9)10(12)4-2/h9-10,12H,3-8H2,1-2H3. The Morgan fingerprint density at radius 2 is 2.17 bits per heavy atom. The molecule has 0 aliphatic carbocycles. The third kappa shape index (κ3) is 2.20. The van der Waals surface area contributed by atoms with Gasteiger partial charge < -0.3 is 5.11 Å². The topological polar surface area (TPSA) is 23.5 Å². The van der Waals surface area contributed by atoms with Crippen LogP contribution in [0.2, 0.25) is 0 Å². The van der Waals surface area contributed by atoms with Gasteiger partial charge in [0.1, 0.15) is 6.23 Å². The lowest BCUT2D eigenvalue weighted by Gasteiger charge is -2.38. The number of piperidine rings is 1. The molecule has 0 aromatic rings. The van der Waals surface area contributed by atoms with Gasteiger partial charge in [-0.15, -0.1) is 0 Å². The lowest BCUT2D eigenvalue weighted by molar-refractivity contribution is -0.0431. The van der Waals surface area contributed by atoms with Crippen molar-refractivity contribution in [3.63, 3.8) is 0 Å². The molecule has 1 saturated heterocycles. The van der Waals surface area contributed by atoms with Gasteiger partial charge in [-0.3, -0.25) is 4.90 Å². The molecule has 0 aromatic carbocycles. The molecule has 0 bridgehead atoms. The summed E-state index contributed by atoms with van der Waals surface area (Å²) in [4.78, 5) is 2.27. The van der Waals surface area contributed by atoms with Gasteiger partial charge in [-0.05, 0) is 25.7 Å². The van der Waals surface area contributed by atoms with Gasteiger partial charge in [-0.25, -0.2) is 0 Å². The van der Waals surface area contributed by atoms with Crippen LogP contribution in [0, 0.1) is 0 Å². The molecule has 1 rings (SSSR count). The van der Waals surface area contributed by atoms with E-state index in [-0.39, 0.29) is 6.23 Å². The van der Waals surface area contributed by atoms with E-state index in [2.05, 4.69) is 11.8 Å². The number of rotatable bonds is 3. The first-order chi connectivity index (χ1) is 5.79. The first-order valence-corrected chi connectivity index (χ1v) is 5.23. The summed E-state index contributed by atoms with van der Waals surface area (Å²) in [6, 6.07) is 0.633. The average Bonchev–Trinajstić information content (AvgIpc) is 2.16. The van der Waals surface area contributed by atoms with Crippen molar-refractivity contribution >= 4 is 0 Å². The van der Waals surface area contributed by atoms with E-state index in [1.165, 1.54) is 25.7 Å². The molecule has 72 valence electrons. The number of aliphatic hydroxyl groups is 1. The second kappa shape index (κ2) is 4.83. The third-order valence-corrected chi connectivity index (χ3v) is 2.89. The van der Waals surface area contributed by atoms with Crippen LogP contribution in [0.5, 0.6) is 0 Å². The SMILES string of the molecule is CCC(O)N1CCCCC1CC. The van der Waals surface area contributed by atoms with Gasteiger partial charge in [0.2, 0.25) is 0 Å². The van der Waals surface area contributed by atoms with Gasteiger partial charge in [0.15, 0.2) is 0 Å². The predicted octanol–water partition coefficient (Wildman–Crippen LogP) is 1.98. The molecule has 1 fully saturated rings. The zero-order valence-electron chi connectivity index (χ0n) is 8.29. The van der Waals surface area contributed by atoms with Crippen molar-refractivity contribution in [2.24, 2.45) is 0 Å². The summed E-state index contributed by atoms with van der Waals surface area (Å²) in [6.07, 6.45) is 5.70. The highest BCUT2D eigenvalue weighted by Crippen LogP contribution is 2.21. The highest BCUT2D eigenvalue weighted by Gasteiger charge is 2.24. The van der Waals surface area contributed by atoms with Gasteiger partial charge in [0, 0.05) is 12.6 Å². The molecular weight excluding hydrogens is 150 g/mol. The molecule has 12 heavy (non-hydrogen) atoms. The molecule has 0 amide bonds. The fraction of sp³-hybridized carbons (Fsp3) is 1.00. The van der Waals surface area contributed by atoms with E-state index in [4.69, 9.17) is 0 Å². The minimum Gasteiger partial charge on any atom is -0.378 e. The Morgan fingerprint density at radius 3 is 2.75 bits per heavy atom.